The fraction of sp³-hybridized carbons (Fsp3) is 0.200. The van der Waals surface area contributed by atoms with Crippen molar-refractivity contribution in [2.24, 2.45) is 0 Å². The molecule has 0 amide bonds. The molecular weight excluding hydrogens is 290 g/mol. The van der Waals surface area contributed by atoms with E-state index in [1.165, 1.54) is 0 Å². The molecule has 18 heavy (non-hydrogen) atoms. The highest BCUT2D eigenvalue weighted by atomic mass is 79.9. The number of nitrogens with zero attached hydrogens (tertiary/aromatic N) is 1. The maximum atomic E-state index is 12.2. The fourth-order valence-electron chi connectivity index (χ4n) is 1.91. The van der Waals surface area contributed by atoms with Crippen molar-refractivity contribution in [1.29, 1.82) is 0 Å². The molecule has 1 heterocycles. The molecule has 0 spiro atoms. The van der Waals surface area contributed by atoms with Crippen LogP contribution in [-0.2, 0) is 6.42 Å². The molecular formula is C15H14BrNO. The minimum absolute atomic E-state index is 0.108. The maximum Gasteiger partial charge on any atom is 0.168 e. The minimum Gasteiger partial charge on any atom is -0.294 e. The van der Waals surface area contributed by atoms with Crippen molar-refractivity contribution in [3.8, 4) is 0 Å². The Labute approximate surface area is 115 Å². The fourth-order valence-corrected chi connectivity index (χ4v) is 2.15. The summed E-state index contributed by atoms with van der Waals surface area (Å²) < 4.78 is 0.921. The smallest absolute Gasteiger partial charge is 0.168 e. The van der Waals surface area contributed by atoms with Crippen LogP contribution in [0.4, 0.5) is 0 Å². The van der Waals surface area contributed by atoms with Crippen molar-refractivity contribution in [2.45, 2.75) is 20.3 Å². The van der Waals surface area contributed by atoms with Crippen LogP contribution in [0, 0.1) is 13.8 Å². The molecule has 0 N–H and O–H groups in total. The molecule has 0 aliphatic heterocycles. The van der Waals surface area contributed by atoms with Crippen LogP contribution in [0.25, 0.3) is 0 Å². The lowest BCUT2D eigenvalue weighted by Gasteiger charge is -2.04. The zero-order valence-corrected chi connectivity index (χ0v) is 12.0. The maximum absolute atomic E-state index is 12.2. The van der Waals surface area contributed by atoms with Gasteiger partial charge in [-0.25, -0.2) is 0 Å². The van der Waals surface area contributed by atoms with Gasteiger partial charge < -0.3 is 0 Å². The van der Waals surface area contributed by atoms with Gasteiger partial charge in [-0.15, -0.1) is 0 Å². The number of pyridine rings is 1. The predicted molar refractivity (Wildman–Crippen MR) is 75.9 cm³/mol. The standard InChI is InChI=1S/C15H14BrNO/c1-10-5-11(2)7-12(6-10)15(18)8-14-4-3-13(16)9-17-14/h3-7,9H,8H2,1-2H3. The van der Waals surface area contributed by atoms with Gasteiger partial charge >= 0.3 is 0 Å². The van der Waals surface area contributed by atoms with Crippen molar-refractivity contribution in [3.05, 3.63) is 63.4 Å². The Kier molecular flexibility index (Phi) is 3.92. The van der Waals surface area contributed by atoms with Crippen LogP contribution < -0.4 is 0 Å². The summed E-state index contributed by atoms with van der Waals surface area (Å²) in [6.07, 6.45) is 2.06. The van der Waals surface area contributed by atoms with Gasteiger partial charge in [0.25, 0.3) is 0 Å². The van der Waals surface area contributed by atoms with E-state index in [1.807, 2.05) is 38.1 Å². The highest BCUT2D eigenvalue weighted by Crippen LogP contribution is 2.13. The lowest BCUT2D eigenvalue weighted by Crippen LogP contribution is -2.05. The van der Waals surface area contributed by atoms with Gasteiger partial charge in [-0.3, -0.25) is 9.78 Å². The number of carbonyl (C=O) groups is 1. The molecule has 0 atom stereocenters. The third-order valence-electron chi connectivity index (χ3n) is 2.67. The number of halogens is 1. The van der Waals surface area contributed by atoms with Crippen LogP contribution in [0.1, 0.15) is 27.2 Å². The predicted octanol–water partition coefficient (Wildman–Crippen LogP) is 3.89. The van der Waals surface area contributed by atoms with Gasteiger partial charge in [-0.05, 0) is 54.0 Å². The molecule has 1 aromatic heterocycles. The lowest BCUT2D eigenvalue weighted by atomic mass is 10.0. The highest BCUT2D eigenvalue weighted by molar-refractivity contribution is 9.10. The van der Waals surface area contributed by atoms with Crippen molar-refractivity contribution < 1.29 is 4.79 Å². The van der Waals surface area contributed by atoms with Gasteiger partial charge in [0.2, 0.25) is 0 Å². The van der Waals surface area contributed by atoms with Gasteiger partial charge in [-0.1, -0.05) is 17.2 Å². The monoisotopic (exact) mass is 303 g/mol. The molecule has 0 saturated carbocycles. The first-order valence-electron chi connectivity index (χ1n) is 5.76. The number of aromatic nitrogens is 1. The Morgan fingerprint density at radius 3 is 2.39 bits per heavy atom. The molecule has 2 rings (SSSR count). The lowest BCUT2D eigenvalue weighted by molar-refractivity contribution is 0.0992. The van der Waals surface area contributed by atoms with Crippen LogP contribution >= 0.6 is 15.9 Å². The highest BCUT2D eigenvalue weighted by Gasteiger charge is 2.08. The second kappa shape index (κ2) is 5.44. The summed E-state index contributed by atoms with van der Waals surface area (Å²) >= 11 is 3.33. The number of rotatable bonds is 3. The van der Waals surface area contributed by atoms with Crippen LogP contribution in [-0.4, -0.2) is 10.8 Å². The number of carbonyl (C=O) groups excluding carboxylic acids is 1. The first-order chi connectivity index (χ1) is 8.54. The average Bonchev–Trinajstić information content (AvgIpc) is 2.31. The molecule has 92 valence electrons. The number of hydrogen-bond donors (Lipinski definition) is 0. The van der Waals surface area contributed by atoms with E-state index in [0.717, 1.165) is 26.9 Å². The summed E-state index contributed by atoms with van der Waals surface area (Å²) in [5.74, 6) is 0.108. The van der Waals surface area contributed by atoms with Crippen LogP contribution in [0.5, 0.6) is 0 Å². The Morgan fingerprint density at radius 1 is 1.17 bits per heavy atom. The molecule has 1 aromatic carbocycles. The molecule has 2 aromatic rings. The van der Waals surface area contributed by atoms with Crippen molar-refractivity contribution in [2.75, 3.05) is 0 Å². The molecule has 0 bridgehead atoms. The van der Waals surface area contributed by atoms with E-state index in [0.29, 0.717) is 6.42 Å². The van der Waals surface area contributed by atoms with Gasteiger partial charge in [-0.2, -0.15) is 0 Å². The van der Waals surface area contributed by atoms with E-state index >= 15 is 0 Å². The Balaban J connectivity index is 2.19. The molecule has 0 aliphatic carbocycles. The SMILES string of the molecule is Cc1cc(C)cc(C(=O)Cc2ccc(Br)cn2)c1. The van der Waals surface area contributed by atoms with Crippen molar-refractivity contribution >= 4 is 21.7 Å². The summed E-state index contributed by atoms with van der Waals surface area (Å²) in [5, 5.41) is 0. The minimum atomic E-state index is 0.108. The molecule has 0 aliphatic rings. The second-order valence-corrected chi connectivity index (χ2v) is 5.36. The summed E-state index contributed by atoms with van der Waals surface area (Å²) in [6.45, 7) is 4.00. The number of benzene rings is 1. The van der Waals surface area contributed by atoms with E-state index in [2.05, 4.69) is 27.0 Å². The second-order valence-electron chi connectivity index (χ2n) is 4.44. The molecule has 2 nitrogen and oxygen atoms in total. The Hall–Kier alpha value is -1.48. The summed E-state index contributed by atoms with van der Waals surface area (Å²) in [7, 11) is 0. The van der Waals surface area contributed by atoms with Crippen LogP contribution in [0.15, 0.2) is 41.0 Å². The number of hydrogen-bond acceptors (Lipinski definition) is 2. The molecule has 0 unspecified atom stereocenters. The topological polar surface area (TPSA) is 30.0 Å². The van der Waals surface area contributed by atoms with Crippen molar-refractivity contribution in [1.82, 2.24) is 4.98 Å². The number of Topliss-reactive ketones (excluding diaryl/α,β-unsaturated/α-hetero) is 1. The number of aryl methyl sites for hydroxylation is 2. The zero-order valence-electron chi connectivity index (χ0n) is 10.4. The van der Waals surface area contributed by atoms with Gasteiger partial charge in [0.05, 0.1) is 6.42 Å². The molecule has 0 fully saturated rings. The van der Waals surface area contributed by atoms with E-state index in [-0.39, 0.29) is 5.78 Å². The van der Waals surface area contributed by atoms with Crippen molar-refractivity contribution in [3.63, 3.8) is 0 Å². The van der Waals surface area contributed by atoms with Gasteiger partial charge in [0.1, 0.15) is 0 Å². The van der Waals surface area contributed by atoms with Gasteiger partial charge in [0, 0.05) is 21.9 Å². The summed E-state index contributed by atoms with van der Waals surface area (Å²) in [5.41, 5.74) is 3.78. The first-order valence-corrected chi connectivity index (χ1v) is 6.56. The van der Waals surface area contributed by atoms with Crippen LogP contribution in [0.3, 0.4) is 0 Å². The van der Waals surface area contributed by atoms with Gasteiger partial charge in [0.15, 0.2) is 5.78 Å². The average molecular weight is 304 g/mol. The van der Waals surface area contributed by atoms with E-state index < -0.39 is 0 Å². The quantitative estimate of drug-likeness (QED) is 0.805. The summed E-state index contributed by atoms with van der Waals surface area (Å²) in [6, 6.07) is 9.68. The normalized spacial score (nSPS) is 10.4. The van der Waals surface area contributed by atoms with E-state index in [4.69, 9.17) is 0 Å². The third kappa shape index (κ3) is 3.26. The zero-order chi connectivity index (χ0) is 13.1. The summed E-state index contributed by atoms with van der Waals surface area (Å²) in [4.78, 5) is 16.4. The van der Waals surface area contributed by atoms with E-state index in [9.17, 15) is 4.79 Å². The number of ketones is 1. The third-order valence-corrected chi connectivity index (χ3v) is 3.14. The molecule has 0 radical (unpaired) electrons. The molecule has 0 saturated heterocycles. The van der Waals surface area contributed by atoms with E-state index in [1.54, 1.807) is 6.20 Å². The first kappa shape index (κ1) is 13.0. The Morgan fingerprint density at radius 2 is 1.83 bits per heavy atom. The largest absolute Gasteiger partial charge is 0.294 e. The van der Waals surface area contributed by atoms with Crippen LogP contribution in [0.2, 0.25) is 0 Å². The molecule has 3 heteroatoms. The Bertz CT molecular complexity index is 555.